The molecular weight excluding hydrogens is 216 g/mol. The van der Waals surface area contributed by atoms with E-state index < -0.39 is 6.10 Å². The third-order valence-corrected chi connectivity index (χ3v) is 2.80. The van der Waals surface area contributed by atoms with Crippen LogP contribution in [0.5, 0.6) is 0 Å². The molecule has 0 amide bonds. The van der Waals surface area contributed by atoms with Crippen molar-refractivity contribution in [2.24, 2.45) is 0 Å². The Bertz CT molecular complexity index is 505. The molecule has 0 saturated carbocycles. The molecule has 1 atom stereocenters. The molecule has 0 saturated heterocycles. The lowest BCUT2D eigenvalue weighted by atomic mass is 10.1. The standard InChI is InChI=1S/C13H18N2O2/c1-14(2)9-13(16)11-8-15(17-3)12-7-5-4-6-10(11)12/h4-8,13,16H,9H2,1-3H3. The van der Waals surface area contributed by atoms with E-state index in [4.69, 9.17) is 4.84 Å². The van der Waals surface area contributed by atoms with Gasteiger partial charge in [0.25, 0.3) is 0 Å². The second kappa shape index (κ2) is 4.77. The van der Waals surface area contributed by atoms with E-state index >= 15 is 0 Å². The predicted molar refractivity (Wildman–Crippen MR) is 68.0 cm³/mol. The van der Waals surface area contributed by atoms with Crippen LogP contribution in [-0.2, 0) is 0 Å². The van der Waals surface area contributed by atoms with E-state index in [1.54, 1.807) is 11.8 Å². The number of fused-ring (bicyclic) bond motifs is 1. The Balaban J connectivity index is 2.46. The second-order valence-electron chi connectivity index (χ2n) is 4.39. The molecule has 0 radical (unpaired) electrons. The largest absolute Gasteiger partial charge is 0.417 e. The predicted octanol–water partition coefficient (Wildman–Crippen LogP) is 1.29. The van der Waals surface area contributed by atoms with Crippen LogP contribution in [0.4, 0.5) is 0 Å². The Labute approximate surface area is 101 Å². The van der Waals surface area contributed by atoms with Gasteiger partial charge in [0.05, 0.1) is 17.8 Å². The monoisotopic (exact) mass is 234 g/mol. The number of likely N-dealkylation sites (N-methyl/N-ethyl adjacent to an activating group) is 1. The van der Waals surface area contributed by atoms with E-state index in [1.165, 1.54) is 0 Å². The van der Waals surface area contributed by atoms with Crippen molar-refractivity contribution in [2.75, 3.05) is 27.7 Å². The fraction of sp³-hybridized carbons (Fsp3) is 0.385. The number of aliphatic hydroxyl groups excluding tert-OH is 1. The lowest BCUT2D eigenvalue weighted by Gasteiger charge is -2.15. The first-order valence-corrected chi connectivity index (χ1v) is 5.60. The summed E-state index contributed by atoms with van der Waals surface area (Å²) >= 11 is 0. The number of hydrogen-bond acceptors (Lipinski definition) is 3. The zero-order chi connectivity index (χ0) is 12.4. The normalized spacial score (nSPS) is 13.2. The number of hydrogen-bond donors (Lipinski definition) is 1. The molecule has 0 fully saturated rings. The van der Waals surface area contributed by atoms with Crippen molar-refractivity contribution >= 4 is 10.9 Å². The summed E-state index contributed by atoms with van der Waals surface area (Å²) in [6.45, 7) is 0.595. The van der Waals surface area contributed by atoms with Gasteiger partial charge in [-0.1, -0.05) is 18.2 Å². The van der Waals surface area contributed by atoms with Crippen molar-refractivity contribution in [1.82, 2.24) is 9.63 Å². The Hall–Kier alpha value is -1.52. The molecule has 0 bridgehead atoms. The Kier molecular flexibility index (Phi) is 3.36. The maximum absolute atomic E-state index is 10.2. The molecule has 1 aromatic carbocycles. The molecule has 4 heteroatoms. The highest BCUT2D eigenvalue weighted by Gasteiger charge is 2.16. The van der Waals surface area contributed by atoms with E-state index in [1.807, 2.05) is 49.5 Å². The molecule has 0 aliphatic heterocycles. The maximum Gasteiger partial charge on any atom is 0.104 e. The molecule has 1 aromatic heterocycles. The van der Waals surface area contributed by atoms with Gasteiger partial charge in [-0.15, -0.1) is 0 Å². The zero-order valence-electron chi connectivity index (χ0n) is 10.4. The maximum atomic E-state index is 10.2. The summed E-state index contributed by atoms with van der Waals surface area (Å²) in [4.78, 5) is 7.22. The minimum absolute atomic E-state index is 0.508. The van der Waals surface area contributed by atoms with Gasteiger partial charge in [0, 0.05) is 17.5 Å². The summed E-state index contributed by atoms with van der Waals surface area (Å²) in [6, 6.07) is 7.90. The summed E-state index contributed by atoms with van der Waals surface area (Å²) in [7, 11) is 5.51. The number of para-hydroxylation sites is 1. The quantitative estimate of drug-likeness (QED) is 0.866. The van der Waals surface area contributed by atoms with Gasteiger partial charge >= 0.3 is 0 Å². The molecule has 4 nitrogen and oxygen atoms in total. The zero-order valence-corrected chi connectivity index (χ0v) is 10.4. The van der Waals surface area contributed by atoms with E-state index in [9.17, 15) is 5.11 Å². The number of benzene rings is 1. The van der Waals surface area contributed by atoms with Gasteiger partial charge in [0.15, 0.2) is 0 Å². The van der Waals surface area contributed by atoms with Crippen molar-refractivity contribution in [3.05, 3.63) is 36.0 Å². The molecule has 2 aromatic rings. The lowest BCUT2D eigenvalue weighted by Crippen LogP contribution is -2.19. The van der Waals surface area contributed by atoms with E-state index in [0.717, 1.165) is 16.5 Å². The number of nitrogens with zero attached hydrogens (tertiary/aromatic N) is 2. The average Bonchev–Trinajstić information content (AvgIpc) is 2.67. The molecule has 17 heavy (non-hydrogen) atoms. The van der Waals surface area contributed by atoms with Gasteiger partial charge in [-0.3, -0.25) is 0 Å². The number of aliphatic hydroxyl groups is 1. The van der Waals surface area contributed by atoms with Crippen LogP contribution in [0.25, 0.3) is 10.9 Å². The molecule has 92 valence electrons. The van der Waals surface area contributed by atoms with Crippen molar-refractivity contribution in [3.8, 4) is 0 Å². The molecule has 2 rings (SSSR count). The van der Waals surface area contributed by atoms with Gasteiger partial charge in [-0.05, 0) is 20.2 Å². The fourth-order valence-electron chi connectivity index (χ4n) is 2.04. The number of aromatic nitrogens is 1. The van der Waals surface area contributed by atoms with Crippen molar-refractivity contribution in [3.63, 3.8) is 0 Å². The van der Waals surface area contributed by atoms with Crippen LogP contribution in [0.3, 0.4) is 0 Å². The van der Waals surface area contributed by atoms with Crippen molar-refractivity contribution < 1.29 is 9.94 Å². The molecule has 1 N–H and O–H groups in total. The highest BCUT2D eigenvalue weighted by atomic mass is 16.6. The van der Waals surface area contributed by atoms with Gasteiger partial charge in [0.2, 0.25) is 0 Å². The van der Waals surface area contributed by atoms with Crippen LogP contribution < -0.4 is 4.84 Å². The van der Waals surface area contributed by atoms with E-state index in [0.29, 0.717) is 6.54 Å². The Morgan fingerprint density at radius 3 is 2.71 bits per heavy atom. The highest BCUT2D eigenvalue weighted by Crippen LogP contribution is 2.26. The Morgan fingerprint density at radius 2 is 2.06 bits per heavy atom. The first-order valence-electron chi connectivity index (χ1n) is 5.60. The molecule has 0 spiro atoms. The summed E-state index contributed by atoms with van der Waals surface area (Å²) in [5, 5.41) is 11.2. The van der Waals surface area contributed by atoms with Gasteiger partial charge in [-0.25, -0.2) is 0 Å². The lowest BCUT2D eigenvalue weighted by molar-refractivity contribution is 0.135. The van der Waals surface area contributed by atoms with Gasteiger partial charge in [0.1, 0.15) is 7.11 Å². The first-order chi connectivity index (χ1) is 8.13. The molecule has 0 aliphatic rings. The summed E-state index contributed by atoms with van der Waals surface area (Å²) in [5.41, 5.74) is 1.87. The average molecular weight is 234 g/mol. The van der Waals surface area contributed by atoms with Crippen LogP contribution in [0.2, 0.25) is 0 Å². The molecule has 0 aliphatic carbocycles. The van der Waals surface area contributed by atoms with E-state index in [2.05, 4.69) is 0 Å². The highest BCUT2D eigenvalue weighted by molar-refractivity contribution is 5.84. The summed E-state index contributed by atoms with van der Waals surface area (Å²) in [5.74, 6) is 0. The van der Waals surface area contributed by atoms with Crippen LogP contribution in [-0.4, -0.2) is 42.5 Å². The van der Waals surface area contributed by atoms with Crippen molar-refractivity contribution in [1.29, 1.82) is 0 Å². The van der Waals surface area contributed by atoms with Crippen LogP contribution in [0, 0.1) is 0 Å². The van der Waals surface area contributed by atoms with E-state index in [-0.39, 0.29) is 0 Å². The Morgan fingerprint density at radius 1 is 1.35 bits per heavy atom. The third-order valence-electron chi connectivity index (χ3n) is 2.80. The molecule has 1 unspecified atom stereocenters. The second-order valence-corrected chi connectivity index (χ2v) is 4.39. The van der Waals surface area contributed by atoms with Crippen LogP contribution in [0.1, 0.15) is 11.7 Å². The SMILES string of the molecule is COn1cc(C(O)CN(C)C)c2ccccc21. The van der Waals surface area contributed by atoms with Crippen LogP contribution >= 0.6 is 0 Å². The minimum Gasteiger partial charge on any atom is -0.417 e. The summed E-state index contributed by atoms with van der Waals surface area (Å²) in [6.07, 6.45) is 1.34. The molecular formula is C13H18N2O2. The third kappa shape index (κ3) is 2.28. The van der Waals surface area contributed by atoms with Gasteiger partial charge < -0.3 is 14.8 Å². The molecule has 1 heterocycles. The number of rotatable bonds is 4. The van der Waals surface area contributed by atoms with Crippen molar-refractivity contribution in [2.45, 2.75) is 6.10 Å². The smallest absolute Gasteiger partial charge is 0.104 e. The van der Waals surface area contributed by atoms with Gasteiger partial charge in [-0.2, -0.15) is 4.73 Å². The van der Waals surface area contributed by atoms with Crippen LogP contribution in [0.15, 0.2) is 30.5 Å². The minimum atomic E-state index is -0.508. The topological polar surface area (TPSA) is 37.6 Å². The first kappa shape index (κ1) is 12.0. The summed E-state index contributed by atoms with van der Waals surface area (Å²) < 4.78 is 1.68. The fourth-order valence-corrected chi connectivity index (χ4v) is 2.04.